The zero-order valence-electron chi connectivity index (χ0n) is 20.3. The minimum atomic E-state index is -0.676. The molecule has 4 N–H and O–H groups in total. The molecule has 0 aliphatic carbocycles. The van der Waals surface area contributed by atoms with Crippen LogP contribution in [-0.4, -0.2) is 37.7 Å². The van der Waals surface area contributed by atoms with Crippen LogP contribution in [0.1, 0.15) is 24.2 Å². The Balaban J connectivity index is 0.00000148. The summed E-state index contributed by atoms with van der Waals surface area (Å²) < 4.78 is 13.2. The van der Waals surface area contributed by atoms with E-state index in [0.29, 0.717) is 34.2 Å². The van der Waals surface area contributed by atoms with Gasteiger partial charge in [-0.05, 0) is 24.3 Å². The van der Waals surface area contributed by atoms with Gasteiger partial charge in [-0.1, -0.05) is 32.0 Å². The second-order valence-corrected chi connectivity index (χ2v) is 7.35. The summed E-state index contributed by atoms with van der Waals surface area (Å²) in [6.45, 7) is 4.00. The number of aryl methyl sites for hydroxylation is 1. The van der Waals surface area contributed by atoms with Gasteiger partial charge in [0.05, 0.1) is 30.2 Å². The minimum Gasteiger partial charge on any atom is -0.494 e. The van der Waals surface area contributed by atoms with Gasteiger partial charge >= 0.3 is 0 Å². The van der Waals surface area contributed by atoms with Crippen molar-refractivity contribution in [1.82, 2.24) is 24.7 Å². The van der Waals surface area contributed by atoms with E-state index in [4.69, 9.17) is 14.9 Å². The van der Waals surface area contributed by atoms with Gasteiger partial charge in [-0.3, -0.25) is 9.48 Å². The number of benzene rings is 2. The molecule has 0 aliphatic rings. The van der Waals surface area contributed by atoms with Crippen LogP contribution in [0.15, 0.2) is 65.5 Å². The molecular weight excluding hydrogens is 460 g/mol. The van der Waals surface area contributed by atoms with Crippen molar-refractivity contribution in [2.45, 2.75) is 13.8 Å². The monoisotopic (exact) mass is 486 g/mol. The lowest BCUT2D eigenvalue weighted by Crippen LogP contribution is -2.16. The van der Waals surface area contributed by atoms with Crippen molar-refractivity contribution in [2.75, 3.05) is 17.7 Å². The molecule has 0 saturated carbocycles. The van der Waals surface area contributed by atoms with E-state index in [2.05, 4.69) is 30.7 Å². The zero-order chi connectivity index (χ0) is 25.7. The first kappa shape index (κ1) is 24.2. The molecule has 0 saturated heterocycles. The molecule has 11 heteroatoms. The summed E-state index contributed by atoms with van der Waals surface area (Å²) in [7, 11) is 3.34. The SMILES string of the molecule is CC.COc1c(Nc2nc(Nc3cnn(C)c3)ncc2C(N)=O)cccc1-c1nc2ccccc2o1. The number of hydrogen-bond donors (Lipinski definition) is 3. The smallest absolute Gasteiger partial charge is 0.254 e. The van der Waals surface area contributed by atoms with Crippen molar-refractivity contribution in [3.8, 4) is 17.2 Å². The van der Waals surface area contributed by atoms with Crippen molar-refractivity contribution < 1.29 is 13.9 Å². The highest BCUT2D eigenvalue weighted by Gasteiger charge is 2.19. The summed E-state index contributed by atoms with van der Waals surface area (Å²) in [6.07, 6.45) is 4.75. The number of amides is 1. The van der Waals surface area contributed by atoms with E-state index in [1.54, 1.807) is 30.2 Å². The minimum absolute atomic E-state index is 0.117. The van der Waals surface area contributed by atoms with Crippen LogP contribution in [0.2, 0.25) is 0 Å². The molecule has 1 amide bonds. The number of carbonyl (C=O) groups is 1. The number of anilines is 4. The number of methoxy groups -OCH3 is 1. The van der Waals surface area contributed by atoms with E-state index < -0.39 is 5.91 Å². The number of nitrogens with zero attached hydrogens (tertiary/aromatic N) is 5. The molecule has 3 aromatic heterocycles. The average Bonchev–Trinajstić information content (AvgIpc) is 3.51. The largest absolute Gasteiger partial charge is 0.494 e. The summed E-state index contributed by atoms with van der Waals surface area (Å²) >= 11 is 0. The van der Waals surface area contributed by atoms with Gasteiger partial charge in [0.25, 0.3) is 5.91 Å². The lowest BCUT2D eigenvalue weighted by atomic mass is 10.1. The Kier molecular flexibility index (Phi) is 7.10. The van der Waals surface area contributed by atoms with E-state index in [0.717, 1.165) is 5.52 Å². The molecule has 184 valence electrons. The van der Waals surface area contributed by atoms with Crippen LogP contribution >= 0.6 is 0 Å². The first-order valence-corrected chi connectivity index (χ1v) is 11.2. The Labute approximate surface area is 207 Å². The molecule has 3 heterocycles. The Bertz CT molecular complexity index is 1480. The number of ether oxygens (including phenoxy) is 1. The van der Waals surface area contributed by atoms with Crippen LogP contribution in [-0.2, 0) is 7.05 Å². The van der Waals surface area contributed by atoms with Crippen LogP contribution in [0.4, 0.5) is 23.1 Å². The number of oxazole rings is 1. The Morgan fingerprint density at radius 3 is 2.56 bits per heavy atom. The zero-order valence-corrected chi connectivity index (χ0v) is 20.3. The number of rotatable bonds is 7. The molecule has 2 aromatic carbocycles. The van der Waals surface area contributed by atoms with E-state index in [1.807, 2.05) is 50.2 Å². The first-order valence-electron chi connectivity index (χ1n) is 11.2. The van der Waals surface area contributed by atoms with Crippen molar-refractivity contribution in [3.63, 3.8) is 0 Å². The van der Waals surface area contributed by atoms with E-state index in [1.165, 1.54) is 13.3 Å². The Hall–Kier alpha value is -4.93. The third-order valence-corrected chi connectivity index (χ3v) is 5.01. The molecule has 0 unspecified atom stereocenters. The molecule has 5 aromatic rings. The lowest BCUT2D eigenvalue weighted by molar-refractivity contribution is 0.100. The van der Waals surface area contributed by atoms with Gasteiger partial charge in [0.15, 0.2) is 11.3 Å². The number of primary amides is 1. The predicted molar refractivity (Wildman–Crippen MR) is 138 cm³/mol. The summed E-state index contributed by atoms with van der Waals surface area (Å²) in [5.41, 5.74) is 8.93. The maximum Gasteiger partial charge on any atom is 0.254 e. The van der Waals surface area contributed by atoms with Crippen molar-refractivity contribution in [2.24, 2.45) is 12.8 Å². The summed E-state index contributed by atoms with van der Waals surface area (Å²) in [5.74, 6) is 0.657. The lowest BCUT2D eigenvalue weighted by Gasteiger charge is -2.15. The second-order valence-electron chi connectivity index (χ2n) is 7.35. The molecular formula is C25H26N8O3. The van der Waals surface area contributed by atoms with Gasteiger partial charge in [0, 0.05) is 19.4 Å². The number of para-hydroxylation sites is 3. The molecule has 0 radical (unpaired) electrons. The van der Waals surface area contributed by atoms with E-state index >= 15 is 0 Å². The topological polar surface area (TPSA) is 146 Å². The number of nitrogens with two attached hydrogens (primary N) is 1. The fraction of sp³-hybridized carbons (Fsp3) is 0.160. The highest BCUT2D eigenvalue weighted by molar-refractivity contribution is 5.98. The summed E-state index contributed by atoms with van der Waals surface area (Å²) in [6, 6.07) is 12.9. The molecule has 0 atom stereocenters. The molecule has 5 rings (SSSR count). The maximum absolute atomic E-state index is 12.0. The van der Waals surface area contributed by atoms with Gasteiger partial charge in [0.1, 0.15) is 16.9 Å². The molecule has 11 nitrogen and oxygen atoms in total. The molecule has 0 bridgehead atoms. The Morgan fingerprint density at radius 1 is 1.06 bits per heavy atom. The van der Waals surface area contributed by atoms with Gasteiger partial charge < -0.3 is 25.5 Å². The molecule has 36 heavy (non-hydrogen) atoms. The average molecular weight is 487 g/mol. The summed E-state index contributed by atoms with van der Waals surface area (Å²) in [4.78, 5) is 25.2. The predicted octanol–water partition coefficient (Wildman–Crippen LogP) is 4.64. The third-order valence-electron chi connectivity index (χ3n) is 5.01. The highest BCUT2D eigenvalue weighted by atomic mass is 16.5. The van der Waals surface area contributed by atoms with E-state index in [-0.39, 0.29) is 17.3 Å². The number of hydrogen-bond acceptors (Lipinski definition) is 9. The van der Waals surface area contributed by atoms with Crippen LogP contribution < -0.4 is 21.1 Å². The van der Waals surface area contributed by atoms with Crippen LogP contribution in [0.25, 0.3) is 22.6 Å². The third kappa shape index (κ3) is 4.94. The van der Waals surface area contributed by atoms with Crippen LogP contribution in [0, 0.1) is 0 Å². The fourth-order valence-corrected chi connectivity index (χ4v) is 3.47. The number of carbonyl (C=O) groups excluding carboxylic acids is 1. The van der Waals surface area contributed by atoms with Gasteiger partial charge in [-0.25, -0.2) is 9.97 Å². The number of fused-ring (bicyclic) bond motifs is 1. The van der Waals surface area contributed by atoms with Crippen molar-refractivity contribution in [1.29, 1.82) is 0 Å². The van der Waals surface area contributed by atoms with Crippen molar-refractivity contribution in [3.05, 3.63) is 66.6 Å². The second kappa shape index (κ2) is 10.6. The standard InChI is InChI=1S/C23H20N8O3.C2H6/c1-31-12-13(10-26-31)27-23-25-11-15(20(24)32)21(30-23)28-17-8-5-6-14(19(17)33-2)22-29-16-7-3-4-9-18(16)34-22;1-2/h3-12H,1-2H3,(H2,24,32)(H2,25,27,28,30);1-2H3. The molecule has 0 aliphatic heterocycles. The fourth-order valence-electron chi connectivity index (χ4n) is 3.47. The van der Waals surface area contributed by atoms with E-state index in [9.17, 15) is 4.79 Å². The number of nitrogens with one attached hydrogen (secondary N) is 2. The van der Waals surface area contributed by atoms with Crippen molar-refractivity contribution >= 4 is 40.1 Å². The quantitative estimate of drug-likeness (QED) is 0.299. The molecule has 0 spiro atoms. The number of aromatic nitrogens is 5. The first-order chi connectivity index (χ1) is 17.5. The maximum atomic E-state index is 12.0. The molecule has 0 fully saturated rings. The van der Waals surface area contributed by atoms with Crippen LogP contribution in [0.5, 0.6) is 5.75 Å². The van der Waals surface area contributed by atoms with Gasteiger partial charge in [-0.2, -0.15) is 10.1 Å². The van der Waals surface area contributed by atoms with Gasteiger partial charge in [0.2, 0.25) is 11.8 Å². The highest BCUT2D eigenvalue weighted by Crippen LogP contribution is 2.38. The normalized spacial score (nSPS) is 10.4. The van der Waals surface area contributed by atoms with Crippen LogP contribution in [0.3, 0.4) is 0 Å². The summed E-state index contributed by atoms with van der Waals surface area (Å²) in [5, 5.41) is 10.3. The van der Waals surface area contributed by atoms with Gasteiger partial charge in [-0.15, -0.1) is 0 Å². The Morgan fingerprint density at radius 2 is 1.86 bits per heavy atom.